The lowest BCUT2D eigenvalue weighted by Crippen LogP contribution is -2.09. The fourth-order valence-electron chi connectivity index (χ4n) is 1.12. The van der Waals surface area contributed by atoms with Gasteiger partial charge in [0.25, 0.3) is 0 Å². The number of nitrogens with two attached hydrogens (primary N) is 2. The van der Waals surface area contributed by atoms with Gasteiger partial charge in [-0.05, 0) is 12.3 Å². The van der Waals surface area contributed by atoms with Crippen LogP contribution in [0.15, 0.2) is 6.07 Å². The van der Waals surface area contributed by atoms with E-state index in [1.807, 2.05) is 6.26 Å². The van der Waals surface area contributed by atoms with Crippen molar-refractivity contribution in [1.29, 1.82) is 0 Å². The molecule has 0 aliphatic carbocycles. The van der Waals surface area contributed by atoms with Gasteiger partial charge in [0, 0.05) is 12.3 Å². The van der Waals surface area contributed by atoms with Gasteiger partial charge in [0.1, 0.15) is 5.02 Å². The Bertz CT molecular complexity index is 360. The Hall–Kier alpha value is -0.810. The van der Waals surface area contributed by atoms with E-state index in [4.69, 9.17) is 23.1 Å². The first-order chi connectivity index (χ1) is 7.07. The molecule has 0 aliphatic rings. The highest BCUT2D eigenvalue weighted by atomic mass is 35.5. The van der Waals surface area contributed by atoms with Crippen molar-refractivity contribution in [3.05, 3.63) is 16.9 Å². The summed E-state index contributed by atoms with van der Waals surface area (Å²) < 4.78 is 13.6. The quantitative estimate of drug-likeness (QED) is 0.567. The third-order valence-corrected chi connectivity index (χ3v) is 2.87. The van der Waals surface area contributed by atoms with Crippen LogP contribution in [0.2, 0.25) is 5.02 Å². The van der Waals surface area contributed by atoms with E-state index in [1.165, 1.54) is 6.07 Å². The van der Waals surface area contributed by atoms with E-state index in [-0.39, 0.29) is 22.1 Å². The van der Waals surface area contributed by atoms with Crippen molar-refractivity contribution >= 4 is 40.4 Å². The molecular weight excluding hydrogens is 237 g/mol. The summed E-state index contributed by atoms with van der Waals surface area (Å²) in [6.07, 6.45) is 1.97. The van der Waals surface area contributed by atoms with Crippen molar-refractivity contribution in [3.63, 3.8) is 0 Å². The first-order valence-corrected chi connectivity index (χ1v) is 6.10. The monoisotopic (exact) mass is 249 g/mol. The average Bonchev–Trinajstić information content (AvgIpc) is 2.20. The van der Waals surface area contributed by atoms with E-state index < -0.39 is 5.82 Å². The molecule has 5 N–H and O–H groups in total. The second-order valence-electron chi connectivity index (χ2n) is 2.98. The third kappa shape index (κ3) is 2.82. The van der Waals surface area contributed by atoms with Crippen LogP contribution in [-0.4, -0.2) is 18.6 Å². The second kappa shape index (κ2) is 5.32. The number of hydrogen-bond donors (Lipinski definition) is 3. The summed E-state index contributed by atoms with van der Waals surface area (Å²) in [5.74, 6) is 0.274. The van der Waals surface area contributed by atoms with E-state index in [2.05, 4.69) is 5.32 Å². The molecular formula is C9H13ClFN3S. The minimum atomic E-state index is -0.588. The first kappa shape index (κ1) is 12.3. The van der Waals surface area contributed by atoms with Crippen molar-refractivity contribution in [2.24, 2.45) is 0 Å². The van der Waals surface area contributed by atoms with Crippen LogP contribution in [0, 0.1) is 5.82 Å². The molecule has 0 amide bonds. The molecule has 0 radical (unpaired) electrons. The zero-order valence-corrected chi connectivity index (χ0v) is 9.88. The van der Waals surface area contributed by atoms with Gasteiger partial charge in [-0.25, -0.2) is 4.39 Å². The van der Waals surface area contributed by atoms with Crippen LogP contribution in [0.5, 0.6) is 0 Å². The zero-order valence-electron chi connectivity index (χ0n) is 8.31. The van der Waals surface area contributed by atoms with E-state index in [0.717, 1.165) is 5.75 Å². The summed E-state index contributed by atoms with van der Waals surface area (Å²) in [5, 5.41) is 2.80. The van der Waals surface area contributed by atoms with Crippen molar-refractivity contribution in [2.75, 3.05) is 35.3 Å². The molecule has 6 heteroatoms. The van der Waals surface area contributed by atoms with Gasteiger partial charge in [0.05, 0.1) is 17.1 Å². The fraction of sp³-hybridized carbons (Fsp3) is 0.333. The fourth-order valence-corrected chi connectivity index (χ4v) is 1.58. The molecule has 15 heavy (non-hydrogen) atoms. The van der Waals surface area contributed by atoms with Gasteiger partial charge in [-0.15, -0.1) is 0 Å². The average molecular weight is 250 g/mol. The lowest BCUT2D eigenvalue weighted by molar-refractivity contribution is 0.632. The zero-order chi connectivity index (χ0) is 11.4. The molecule has 0 aliphatic heterocycles. The van der Waals surface area contributed by atoms with Gasteiger partial charge in [0.2, 0.25) is 0 Å². The number of nitrogens with one attached hydrogen (secondary N) is 1. The Kier molecular flexibility index (Phi) is 4.35. The van der Waals surface area contributed by atoms with Gasteiger partial charge in [-0.3, -0.25) is 0 Å². The Morgan fingerprint density at radius 3 is 2.73 bits per heavy atom. The number of halogens is 2. The molecule has 84 valence electrons. The maximum Gasteiger partial charge on any atom is 0.169 e. The van der Waals surface area contributed by atoms with Crippen LogP contribution in [0.4, 0.5) is 21.5 Å². The summed E-state index contributed by atoms with van der Waals surface area (Å²) in [6.45, 7) is 0.628. The Balaban J connectivity index is 2.92. The summed E-state index contributed by atoms with van der Waals surface area (Å²) in [6, 6.07) is 1.45. The van der Waals surface area contributed by atoms with Crippen molar-refractivity contribution < 1.29 is 4.39 Å². The SMILES string of the molecule is CSCCNc1c(N)cc(N)c(Cl)c1F. The van der Waals surface area contributed by atoms with Gasteiger partial charge in [-0.2, -0.15) is 11.8 Å². The van der Waals surface area contributed by atoms with E-state index in [9.17, 15) is 4.39 Å². The van der Waals surface area contributed by atoms with Crippen molar-refractivity contribution in [3.8, 4) is 0 Å². The predicted molar refractivity (Wildman–Crippen MR) is 67.1 cm³/mol. The molecule has 0 bridgehead atoms. The Morgan fingerprint density at radius 1 is 1.47 bits per heavy atom. The largest absolute Gasteiger partial charge is 0.397 e. The lowest BCUT2D eigenvalue weighted by Gasteiger charge is -2.12. The number of nitrogen functional groups attached to an aromatic ring is 2. The maximum absolute atomic E-state index is 13.6. The molecule has 0 aromatic heterocycles. The first-order valence-electron chi connectivity index (χ1n) is 4.33. The highest BCUT2D eigenvalue weighted by Crippen LogP contribution is 2.33. The van der Waals surface area contributed by atoms with Gasteiger partial charge < -0.3 is 16.8 Å². The maximum atomic E-state index is 13.6. The van der Waals surface area contributed by atoms with Crippen molar-refractivity contribution in [1.82, 2.24) is 0 Å². The highest BCUT2D eigenvalue weighted by Gasteiger charge is 2.13. The van der Waals surface area contributed by atoms with Crippen molar-refractivity contribution in [2.45, 2.75) is 0 Å². The number of thioether (sulfide) groups is 1. The number of benzene rings is 1. The summed E-state index contributed by atoms with van der Waals surface area (Å²) >= 11 is 7.32. The molecule has 1 aromatic carbocycles. The standard InChI is InChI=1S/C9H13ClFN3S/c1-15-3-2-14-9-6(13)4-5(12)7(10)8(9)11/h4,14H,2-3,12-13H2,1H3. The number of hydrogen-bond acceptors (Lipinski definition) is 4. The third-order valence-electron chi connectivity index (χ3n) is 1.87. The second-order valence-corrected chi connectivity index (χ2v) is 4.34. The highest BCUT2D eigenvalue weighted by molar-refractivity contribution is 7.98. The molecule has 1 rings (SSSR count). The van der Waals surface area contributed by atoms with Crippen LogP contribution < -0.4 is 16.8 Å². The van der Waals surface area contributed by atoms with E-state index in [0.29, 0.717) is 6.54 Å². The lowest BCUT2D eigenvalue weighted by atomic mass is 10.2. The molecule has 0 atom stereocenters. The van der Waals surface area contributed by atoms with E-state index in [1.54, 1.807) is 11.8 Å². The normalized spacial score (nSPS) is 10.3. The predicted octanol–water partition coefficient (Wildman–Crippen LogP) is 2.42. The van der Waals surface area contributed by atoms with Crippen LogP contribution in [0.25, 0.3) is 0 Å². The number of rotatable bonds is 4. The molecule has 1 aromatic rings. The number of anilines is 3. The van der Waals surface area contributed by atoms with E-state index >= 15 is 0 Å². The van der Waals surface area contributed by atoms with Gasteiger partial charge in [-0.1, -0.05) is 11.6 Å². The van der Waals surface area contributed by atoms with Crippen LogP contribution in [0.3, 0.4) is 0 Å². The van der Waals surface area contributed by atoms with Gasteiger partial charge in [0.15, 0.2) is 5.82 Å². The van der Waals surface area contributed by atoms with Crippen LogP contribution >= 0.6 is 23.4 Å². The summed E-state index contributed by atoms with van der Waals surface area (Å²) in [5.41, 5.74) is 11.7. The Labute approximate surface area is 97.3 Å². The molecule has 3 nitrogen and oxygen atoms in total. The Morgan fingerprint density at radius 2 is 2.13 bits per heavy atom. The van der Waals surface area contributed by atoms with Crippen LogP contribution in [0.1, 0.15) is 0 Å². The minimum absolute atomic E-state index is 0.0872. The molecule has 0 saturated heterocycles. The van der Waals surface area contributed by atoms with Gasteiger partial charge >= 0.3 is 0 Å². The molecule has 0 fully saturated rings. The topological polar surface area (TPSA) is 64.1 Å². The molecule has 0 unspecified atom stereocenters. The summed E-state index contributed by atoms with van der Waals surface area (Å²) in [4.78, 5) is 0. The molecule has 0 spiro atoms. The molecule has 0 saturated carbocycles. The summed E-state index contributed by atoms with van der Waals surface area (Å²) in [7, 11) is 0. The van der Waals surface area contributed by atoms with Crippen LogP contribution in [-0.2, 0) is 0 Å². The molecule has 0 heterocycles. The smallest absolute Gasteiger partial charge is 0.169 e. The minimum Gasteiger partial charge on any atom is -0.397 e.